The SMILES string of the molecule is C=CCc1cc(CNc2cc(Cl)ccc2C)cc(OCC)c1OCc1ccccc1F. The van der Waals surface area contributed by atoms with Crippen LogP contribution in [0.4, 0.5) is 10.1 Å². The van der Waals surface area contributed by atoms with Gasteiger partial charge in [-0.3, -0.25) is 0 Å². The van der Waals surface area contributed by atoms with Crippen LogP contribution in [-0.2, 0) is 19.6 Å². The summed E-state index contributed by atoms with van der Waals surface area (Å²) in [4.78, 5) is 0. The molecule has 0 aliphatic heterocycles. The topological polar surface area (TPSA) is 30.5 Å². The first-order chi connectivity index (χ1) is 15.0. The molecule has 0 aliphatic carbocycles. The van der Waals surface area contributed by atoms with Gasteiger partial charge in [0.25, 0.3) is 0 Å². The monoisotopic (exact) mass is 439 g/mol. The lowest BCUT2D eigenvalue weighted by Crippen LogP contribution is -2.07. The Labute approximate surface area is 188 Å². The van der Waals surface area contributed by atoms with E-state index in [1.165, 1.54) is 6.07 Å². The summed E-state index contributed by atoms with van der Waals surface area (Å²) in [5.41, 5.74) is 4.58. The zero-order valence-corrected chi connectivity index (χ0v) is 18.6. The molecule has 0 amide bonds. The molecule has 0 radical (unpaired) electrons. The second kappa shape index (κ2) is 10.9. The fourth-order valence-electron chi connectivity index (χ4n) is 3.31. The number of allylic oxidation sites excluding steroid dienone is 1. The molecule has 0 saturated heterocycles. The minimum Gasteiger partial charge on any atom is -0.490 e. The third kappa shape index (κ3) is 6.02. The van der Waals surface area contributed by atoms with Crippen LogP contribution in [0.1, 0.15) is 29.2 Å². The number of halogens is 2. The number of aryl methyl sites for hydroxylation is 1. The van der Waals surface area contributed by atoms with Gasteiger partial charge in [-0.1, -0.05) is 41.9 Å². The van der Waals surface area contributed by atoms with Crippen molar-refractivity contribution in [3.8, 4) is 11.5 Å². The van der Waals surface area contributed by atoms with E-state index in [1.807, 2.05) is 44.2 Å². The van der Waals surface area contributed by atoms with Gasteiger partial charge in [0.15, 0.2) is 11.5 Å². The maximum Gasteiger partial charge on any atom is 0.165 e. The maximum absolute atomic E-state index is 14.0. The van der Waals surface area contributed by atoms with E-state index in [2.05, 4.69) is 18.0 Å². The largest absolute Gasteiger partial charge is 0.490 e. The van der Waals surface area contributed by atoms with Crippen molar-refractivity contribution in [3.63, 3.8) is 0 Å². The van der Waals surface area contributed by atoms with E-state index in [0.717, 1.165) is 22.4 Å². The molecule has 1 N–H and O–H groups in total. The van der Waals surface area contributed by atoms with Crippen molar-refractivity contribution >= 4 is 17.3 Å². The van der Waals surface area contributed by atoms with Crippen molar-refractivity contribution in [1.29, 1.82) is 0 Å². The first kappa shape index (κ1) is 22.7. The third-order valence-electron chi connectivity index (χ3n) is 4.87. The molecule has 0 unspecified atom stereocenters. The number of hydrogen-bond donors (Lipinski definition) is 1. The van der Waals surface area contributed by atoms with Gasteiger partial charge in [-0.05, 0) is 61.7 Å². The van der Waals surface area contributed by atoms with Crippen LogP contribution in [-0.4, -0.2) is 6.61 Å². The Kier molecular flexibility index (Phi) is 7.96. The first-order valence-corrected chi connectivity index (χ1v) is 10.6. The van der Waals surface area contributed by atoms with Crippen LogP contribution in [0.25, 0.3) is 0 Å². The summed E-state index contributed by atoms with van der Waals surface area (Å²) in [6, 6.07) is 16.4. The number of anilines is 1. The highest BCUT2D eigenvalue weighted by atomic mass is 35.5. The van der Waals surface area contributed by atoms with Crippen LogP contribution in [0, 0.1) is 12.7 Å². The highest BCUT2D eigenvalue weighted by Crippen LogP contribution is 2.35. The third-order valence-corrected chi connectivity index (χ3v) is 5.10. The van der Waals surface area contributed by atoms with Gasteiger partial charge in [-0.15, -0.1) is 6.58 Å². The summed E-state index contributed by atoms with van der Waals surface area (Å²) in [7, 11) is 0. The van der Waals surface area contributed by atoms with Gasteiger partial charge in [0.2, 0.25) is 0 Å². The molecule has 0 aliphatic rings. The second-order valence-corrected chi connectivity index (χ2v) is 7.64. The molecular formula is C26H27ClFNO2. The molecule has 0 atom stereocenters. The lowest BCUT2D eigenvalue weighted by molar-refractivity contribution is 0.263. The Morgan fingerprint density at radius 2 is 1.87 bits per heavy atom. The van der Waals surface area contributed by atoms with E-state index >= 15 is 0 Å². The Morgan fingerprint density at radius 3 is 2.61 bits per heavy atom. The van der Waals surface area contributed by atoms with Gasteiger partial charge in [0.05, 0.1) is 6.61 Å². The summed E-state index contributed by atoms with van der Waals surface area (Å²) >= 11 is 6.13. The van der Waals surface area contributed by atoms with Gasteiger partial charge in [0.1, 0.15) is 12.4 Å². The van der Waals surface area contributed by atoms with Crippen LogP contribution >= 0.6 is 11.6 Å². The Hall–Kier alpha value is -2.98. The molecule has 162 valence electrons. The molecule has 0 saturated carbocycles. The lowest BCUT2D eigenvalue weighted by Gasteiger charge is -2.18. The zero-order valence-electron chi connectivity index (χ0n) is 17.9. The van der Waals surface area contributed by atoms with Gasteiger partial charge < -0.3 is 14.8 Å². The molecule has 3 aromatic rings. The van der Waals surface area contributed by atoms with Crippen LogP contribution in [0.3, 0.4) is 0 Å². The minimum absolute atomic E-state index is 0.121. The Bertz CT molecular complexity index is 1050. The summed E-state index contributed by atoms with van der Waals surface area (Å²) in [5, 5.41) is 4.12. The van der Waals surface area contributed by atoms with E-state index in [9.17, 15) is 4.39 Å². The van der Waals surface area contributed by atoms with Gasteiger partial charge in [-0.2, -0.15) is 0 Å². The number of ether oxygens (including phenoxy) is 2. The number of hydrogen-bond acceptors (Lipinski definition) is 3. The molecular weight excluding hydrogens is 413 g/mol. The molecule has 3 aromatic carbocycles. The molecule has 0 fully saturated rings. The first-order valence-electron chi connectivity index (χ1n) is 10.3. The van der Waals surface area contributed by atoms with E-state index in [-0.39, 0.29) is 12.4 Å². The molecule has 0 aromatic heterocycles. The fourth-order valence-corrected chi connectivity index (χ4v) is 3.48. The minimum atomic E-state index is -0.288. The van der Waals surface area contributed by atoms with Crippen molar-refractivity contribution in [2.75, 3.05) is 11.9 Å². The van der Waals surface area contributed by atoms with Crippen LogP contribution in [0.5, 0.6) is 11.5 Å². The summed E-state index contributed by atoms with van der Waals surface area (Å²) in [5.74, 6) is 0.967. The van der Waals surface area contributed by atoms with E-state index in [1.54, 1.807) is 18.2 Å². The van der Waals surface area contributed by atoms with Crippen molar-refractivity contribution in [2.45, 2.75) is 33.4 Å². The summed E-state index contributed by atoms with van der Waals surface area (Å²) < 4.78 is 25.9. The molecule has 0 heterocycles. The highest BCUT2D eigenvalue weighted by molar-refractivity contribution is 6.30. The lowest BCUT2D eigenvalue weighted by atomic mass is 10.0. The van der Waals surface area contributed by atoms with Crippen molar-refractivity contribution in [3.05, 3.63) is 100 Å². The quantitative estimate of drug-likeness (QED) is 0.341. The van der Waals surface area contributed by atoms with Crippen molar-refractivity contribution in [2.24, 2.45) is 0 Å². The zero-order chi connectivity index (χ0) is 22.2. The number of benzene rings is 3. The molecule has 31 heavy (non-hydrogen) atoms. The molecule has 3 rings (SSSR count). The average molecular weight is 440 g/mol. The molecule has 0 spiro atoms. The fraction of sp³-hybridized carbons (Fsp3) is 0.231. The summed E-state index contributed by atoms with van der Waals surface area (Å²) in [6.45, 7) is 9.03. The molecule has 5 heteroatoms. The number of nitrogens with one attached hydrogen (secondary N) is 1. The standard InChI is InChI=1S/C26H27ClFNO2/c1-4-8-20-13-19(16-29-24-15-22(27)12-11-18(24)3)14-25(30-5-2)26(20)31-17-21-9-6-7-10-23(21)28/h4,6-7,9-15,29H,1,5,8,16-17H2,2-3H3. The normalized spacial score (nSPS) is 10.6. The molecule has 3 nitrogen and oxygen atoms in total. The predicted molar refractivity (Wildman–Crippen MR) is 126 cm³/mol. The van der Waals surface area contributed by atoms with Crippen molar-refractivity contribution < 1.29 is 13.9 Å². The van der Waals surface area contributed by atoms with Crippen LogP contribution < -0.4 is 14.8 Å². The van der Waals surface area contributed by atoms with E-state index < -0.39 is 0 Å². The highest BCUT2D eigenvalue weighted by Gasteiger charge is 2.15. The Morgan fingerprint density at radius 1 is 1.06 bits per heavy atom. The maximum atomic E-state index is 14.0. The second-order valence-electron chi connectivity index (χ2n) is 7.20. The van der Waals surface area contributed by atoms with Gasteiger partial charge in [-0.25, -0.2) is 4.39 Å². The van der Waals surface area contributed by atoms with Gasteiger partial charge in [0, 0.05) is 28.4 Å². The summed E-state index contributed by atoms with van der Waals surface area (Å²) in [6.07, 6.45) is 2.43. The predicted octanol–water partition coefficient (Wildman–Crippen LogP) is 7.11. The molecule has 0 bridgehead atoms. The Balaban J connectivity index is 1.87. The van der Waals surface area contributed by atoms with Crippen LogP contribution in [0.15, 0.2) is 67.3 Å². The smallest absolute Gasteiger partial charge is 0.165 e. The van der Waals surface area contributed by atoms with Crippen molar-refractivity contribution in [1.82, 2.24) is 0 Å². The van der Waals surface area contributed by atoms with Gasteiger partial charge >= 0.3 is 0 Å². The average Bonchev–Trinajstić information content (AvgIpc) is 2.75. The van der Waals surface area contributed by atoms with Crippen LogP contribution in [0.2, 0.25) is 5.02 Å². The number of rotatable bonds is 10. The van der Waals surface area contributed by atoms with E-state index in [0.29, 0.717) is 41.7 Å². The van der Waals surface area contributed by atoms with E-state index in [4.69, 9.17) is 21.1 Å².